The van der Waals surface area contributed by atoms with Crippen molar-refractivity contribution in [3.8, 4) is 11.5 Å². The molecule has 4 N–H and O–H groups in total. The first kappa shape index (κ1) is 22.8. The van der Waals surface area contributed by atoms with Crippen molar-refractivity contribution in [2.75, 3.05) is 25.1 Å². The summed E-state index contributed by atoms with van der Waals surface area (Å²) in [6.07, 6.45) is 0.865. The Bertz CT molecular complexity index is 1190. The summed E-state index contributed by atoms with van der Waals surface area (Å²) in [5.74, 6) is -0.0463. The molecule has 1 heterocycles. The van der Waals surface area contributed by atoms with Gasteiger partial charge in [-0.2, -0.15) is 0 Å². The van der Waals surface area contributed by atoms with Crippen molar-refractivity contribution in [1.29, 1.82) is 0 Å². The van der Waals surface area contributed by atoms with E-state index in [1.807, 2.05) is 49.4 Å². The van der Waals surface area contributed by atoms with Gasteiger partial charge >= 0.3 is 5.97 Å². The third-order valence-electron chi connectivity index (χ3n) is 4.75. The molecule has 0 aliphatic rings. The summed E-state index contributed by atoms with van der Waals surface area (Å²) in [6.45, 7) is 2.63. The average molecular weight is 434 g/mol. The SMILES string of the molecule is CCOc1ccc2nc3ccccc3c(NCCc3ccc(O)cc3)c2c1.O=C(O)CO. The molecule has 4 aromatic rings. The Kier molecular flexibility index (Phi) is 7.83. The maximum atomic E-state index is 9.43. The summed E-state index contributed by atoms with van der Waals surface area (Å²) in [7, 11) is 0. The van der Waals surface area contributed by atoms with Crippen molar-refractivity contribution in [3.63, 3.8) is 0 Å². The van der Waals surface area contributed by atoms with E-state index in [9.17, 15) is 5.11 Å². The minimum absolute atomic E-state index is 0.293. The number of anilines is 1. The lowest BCUT2D eigenvalue weighted by Gasteiger charge is -2.14. The van der Waals surface area contributed by atoms with E-state index in [1.165, 1.54) is 5.56 Å². The van der Waals surface area contributed by atoms with Gasteiger partial charge in [-0.25, -0.2) is 9.78 Å². The second-order valence-corrected chi connectivity index (χ2v) is 7.01. The predicted octanol–water partition coefficient (Wildman–Crippen LogP) is 4.21. The molecule has 0 aliphatic carbocycles. The molecule has 0 atom stereocenters. The molecule has 7 nitrogen and oxygen atoms in total. The number of aliphatic hydroxyl groups is 1. The highest BCUT2D eigenvalue weighted by Crippen LogP contribution is 2.33. The van der Waals surface area contributed by atoms with Crippen LogP contribution in [0.2, 0.25) is 0 Å². The number of pyridine rings is 1. The highest BCUT2D eigenvalue weighted by atomic mass is 16.5. The number of phenols is 1. The minimum Gasteiger partial charge on any atom is -0.508 e. The van der Waals surface area contributed by atoms with Crippen LogP contribution in [0.3, 0.4) is 0 Å². The van der Waals surface area contributed by atoms with Crippen LogP contribution in [-0.4, -0.2) is 46.0 Å². The van der Waals surface area contributed by atoms with E-state index in [-0.39, 0.29) is 0 Å². The summed E-state index contributed by atoms with van der Waals surface area (Å²) >= 11 is 0. The Morgan fingerprint density at radius 2 is 1.69 bits per heavy atom. The number of hydrogen-bond donors (Lipinski definition) is 4. The van der Waals surface area contributed by atoms with E-state index in [2.05, 4.69) is 17.4 Å². The summed E-state index contributed by atoms with van der Waals surface area (Å²) in [5.41, 5.74) is 4.18. The first-order chi connectivity index (χ1) is 15.5. The molecule has 0 amide bonds. The van der Waals surface area contributed by atoms with Gasteiger partial charge < -0.3 is 25.4 Å². The number of fused-ring (bicyclic) bond motifs is 2. The van der Waals surface area contributed by atoms with Crippen LogP contribution in [0.25, 0.3) is 21.8 Å². The van der Waals surface area contributed by atoms with Crippen molar-refractivity contribution in [1.82, 2.24) is 4.98 Å². The smallest absolute Gasteiger partial charge is 0.329 e. The van der Waals surface area contributed by atoms with Gasteiger partial charge in [-0.3, -0.25) is 0 Å². The Morgan fingerprint density at radius 3 is 2.38 bits per heavy atom. The topological polar surface area (TPSA) is 112 Å². The lowest BCUT2D eigenvalue weighted by Crippen LogP contribution is -2.06. The fourth-order valence-electron chi connectivity index (χ4n) is 3.31. The van der Waals surface area contributed by atoms with Crippen LogP contribution in [0.5, 0.6) is 11.5 Å². The minimum atomic E-state index is -1.19. The van der Waals surface area contributed by atoms with Crippen molar-refractivity contribution >= 4 is 33.5 Å². The van der Waals surface area contributed by atoms with Crippen molar-refractivity contribution in [3.05, 3.63) is 72.3 Å². The number of nitrogens with zero attached hydrogens (tertiary/aromatic N) is 1. The summed E-state index contributed by atoms with van der Waals surface area (Å²) in [6, 6.07) is 21.6. The van der Waals surface area contributed by atoms with E-state index in [0.717, 1.165) is 46.2 Å². The number of carboxylic acid groups (broad SMARTS) is 1. The van der Waals surface area contributed by atoms with Crippen molar-refractivity contribution < 1.29 is 24.9 Å². The van der Waals surface area contributed by atoms with Gasteiger partial charge in [0.25, 0.3) is 0 Å². The number of nitrogens with one attached hydrogen (secondary N) is 1. The molecule has 4 rings (SSSR count). The lowest BCUT2D eigenvalue weighted by molar-refractivity contribution is -0.140. The molecule has 0 bridgehead atoms. The van der Waals surface area contributed by atoms with Gasteiger partial charge in [-0.05, 0) is 55.3 Å². The number of phenolic OH excluding ortho intramolecular Hbond substituents is 1. The fraction of sp³-hybridized carbons (Fsp3) is 0.200. The lowest BCUT2D eigenvalue weighted by atomic mass is 10.1. The zero-order valence-electron chi connectivity index (χ0n) is 17.8. The highest BCUT2D eigenvalue weighted by molar-refractivity contribution is 6.07. The van der Waals surface area contributed by atoms with Crippen LogP contribution in [0.15, 0.2) is 66.7 Å². The largest absolute Gasteiger partial charge is 0.508 e. The van der Waals surface area contributed by atoms with E-state index >= 15 is 0 Å². The van der Waals surface area contributed by atoms with Gasteiger partial charge in [0, 0.05) is 17.3 Å². The predicted molar refractivity (Wildman–Crippen MR) is 125 cm³/mol. The summed E-state index contributed by atoms with van der Waals surface area (Å²) < 4.78 is 5.69. The monoisotopic (exact) mass is 434 g/mol. The number of para-hydroxylation sites is 1. The Labute approximate surface area is 185 Å². The van der Waals surface area contributed by atoms with Crippen LogP contribution in [-0.2, 0) is 11.2 Å². The van der Waals surface area contributed by atoms with E-state index in [4.69, 9.17) is 24.7 Å². The van der Waals surface area contributed by atoms with Crippen molar-refractivity contribution in [2.45, 2.75) is 13.3 Å². The normalized spacial score (nSPS) is 10.4. The fourth-order valence-corrected chi connectivity index (χ4v) is 3.31. The molecule has 166 valence electrons. The number of aliphatic hydroxyl groups excluding tert-OH is 1. The number of ether oxygens (including phenoxy) is 1. The molecule has 7 heteroatoms. The average Bonchev–Trinajstić information content (AvgIpc) is 2.80. The molecule has 0 fully saturated rings. The van der Waals surface area contributed by atoms with Gasteiger partial charge in [0.1, 0.15) is 18.1 Å². The highest BCUT2D eigenvalue weighted by Gasteiger charge is 2.10. The molecule has 32 heavy (non-hydrogen) atoms. The molecule has 0 aliphatic heterocycles. The van der Waals surface area contributed by atoms with Gasteiger partial charge in [-0.1, -0.05) is 30.3 Å². The Morgan fingerprint density at radius 1 is 1.00 bits per heavy atom. The molecular formula is C25H26N2O5. The number of carbonyl (C=O) groups is 1. The van der Waals surface area contributed by atoms with Gasteiger partial charge in [-0.15, -0.1) is 0 Å². The van der Waals surface area contributed by atoms with Gasteiger partial charge in [0.05, 0.1) is 23.3 Å². The van der Waals surface area contributed by atoms with Crippen molar-refractivity contribution in [2.24, 2.45) is 0 Å². The maximum Gasteiger partial charge on any atom is 0.329 e. The number of aromatic nitrogens is 1. The molecular weight excluding hydrogens is 408 g/mol. The first-order valence-corrected chi connectivity index (χ1v) is 10.3. The molecule has 0 spiro atoms. The van der Waals surface area contributed by atoms with E-state index < -0.39 is 12.6 Å². The molecule has 0 unspecified atom stereocenters. The Hall–Kier alpha value is -3.84. The Balaban J connectivity index is 0.000000523. The van der Waals surface area contributed by atoms with Crippen LogP contribution in [0.4, 0.5) is 5.69 Å². The zero-order valence-corrected chi connectivity index (χ0v) is 17.8. The third-order valence-corrected chi connectivity index (χ3v) is 4.75. The first-order valence-electron chi connectivity index (χ1n) is 10.3. The molecule has 1 aromatic heterocycles. The van der Waals surface area contributed by atoms with Gasteiger partial charge in [0.2, 0.25) is 0 Å². The number of rotatable bonds is 7. The maximum absolute atomic E-state index is 9.43. The summed E-state index contributed by atoms with van der Waals surface area (Å²) in [4.78, 5) is 13.9. The molecule has 3 aromatic carbocycles. The number of benzene rings is 3. The third kappa shape index (κ3) is 5.86. The molecule has 0 saturated heterocycles. The van der Waals surface area contributed by atoms with E-state index in [1.54, 1.807) is 12.1 Å². The number of aromatic hydroxyl groups is 1. The number of aliphatic carboxylic acids is 1. The van der Waals surface area contributed by atoms with Crippen LogP contribution < -0.4 is 10.1 Å². The van der Waals surface area contributed by atoms with E-state index in [0.29, 0.717) is 12.4 Å². The number of carboxylic acids is 1. The second-order valence-electron chi connectivity index (χ2n) is 7.01. The number of hydrogen-bond acceptors (Lipinski definition) is 6. The second kappa shape index (κ2) is 11.0. The zero-order chi connectivity index (χ0) is 22.9. The van der Waals surface area contributed by atoms with Crippen LogP contribution in [0.1, 0.15) is 12.5 Å². The van der Waals surface area contributed by atoms with Gasteiger partial charge in [0.15, 0.2) is 0 Å². The van der Waals surface area contributed by atoms with Crippen LogP contribution in [0, 0.1) is 0 Å². The quantitative estimate of drug-likeness (QED) is 0.322. The van der Waals surface area contributed by atoms with Crippen LogP contribution >= 0.6 is 0 Å². The molecule has 0 radical (unpaired) electrons. The summed E-state index contributed by atoms with van der Waals surface area (Å²) in [5, 5.41) is 30.2. The standard InChI is InChI=1S/C23H22N2O2.C2H4O3/c1-2-27-18-11-12-22-20(15-18)23(19-5-3-4-6-21(19)25-22)24-14-13-16-7-9-17(26)10-8-16;3-1-2(4)5/h3-12,15,26H,2,13-14H2,1H3,(H,24,25);3H,1H2,(H,4,5). The molecule has 0 saturated carbocycles.